The van der Waals surface area contributed by atoms with Crippen LogP contribution in [0.5, 0.6) is 0 Å². The highest BCUT2D eigenvalue weighted by Gasteiger charge is 2.16. The van der Waals surface area contributed by atoms with Gasteiger partial charge in [-0.25, -0.2) is 9.59 Å². The second kappa shape index (κ2) is 8.38. The van der Waals surface area contributed by atoms with Gasteiger partial charge in [-0.2, -0.15) is 0 Å². The Bertz CT molecular complexity index is 593. The lowest BCUT2D eigenvalue weighted by atomic mass is 10.2. The number of methoxy groups -OCH3 is 1. The summed E-state index contributed by atoms with van der Waals surface area (Å²) in [6.45, 7) is 4.23. The van der Waals surface area contributed by atoms with Crippen molar-refractivity contribution in [1.82, 2.24) is 14.5 Å². The van der Waals surface area contributed by atoms with Gasteiger partial charge in [-0.05, 0) is 20.3 Å². The van der Waals surface area contributed by atoms with Crippen LogP contribution in [0.2, 0.25) is 0 Å². The standard InChI is InChI=1S/C14H23N3O5/c1-10(2)16(3)14(20)22-9-11(21-4)5-7-17-8-6-12(18)15-13(17)19/h6,8,10-11H,5,7,9H2,1-4H3,(H,15,18,19). The molecule has 0 spiro atoms. The number of hydrogen-bond acceptors (Lipinski definition) is 5. The van der Waals surface area contributed by atoms with Gasteiger partial charge in [-0.15, -0.1) is 0 Å². The van der Waals surface area contributed by atoms with Crippen molar-refractivity contribution in [2.24, 2.45) is 0 Å². The van der Waals surface area contributed by atoms with Gasteiger partial charge in [0.05, 0.1) is 6.10 Å². The van der Waals surface area contributed by atoms with Gasteiger partial charge in [0.15, 0.2) is 0 Å². The second-order valence-corrected chi connectivity index (χ2v) is 5.23. The first-order valence-electron chi connectivity index (χ1n) is 7.07. The zero-order chi connectivity index (χ0) is 16.7. The quantitative estimate of drug-likeness (QED) is 0.787. The maximum Gasteiger partial charge on any atom is 0.409 e. The molecule has 0 radical (unpaired) electrons. The van der Waals surface area contributed by atoms with Gasteiger partial charge < -0.3 is 18.9 Å². The third-order valence-electron chi connectivity index (χ3n) is 3.38. The third-order valence-corrected chi connectivity index (χ3v) is 3.38. The summed E-state index contributed by atoms with van der Waals surface area (Å²) in [7, 11) is 3.18. The van der Waals surface area contributed by atoms with E-state index in [1.165, 1.54) is 28.8 Å². The van der Waals surface area contributed by atoms with Gasteiger partial charge in [-0.1, -0.05) is 0 Å². The van der Waals surface area contributed by atoms with Crippen LogP contribution in [0.25, 0.3) is 0 Å². The van der Waals surface area contributed by atoms with Gasteiger partial charge in [0.25, 0.3) is 5.56 Å². The average molecular weight is 313 g/mol. The summed E-state index contributed by atoms with van der Waals surface area (Å²) in [5.41, 5.74) is -0.908. The zero-order valence-electron chi connectivity index (χ0n) is 13.4. The first kappa shape index (κ1) is 18.0. The third kappa shape index (κ3) is 5.36. The van der Waals surface area contributed by atoms with Crippen molar-refractivity contribution in [1.29, 1.82) is 0 Å². The Morgan fingerprint density at radius 3 is 2.64 bits per heavy atom. The Balaban J connectivity index is 2.50. The minimum atomic E-state index is -0.473. The fraction of sp³-hybridized carbons (Fsp3) is 0.643. The number of aromatic amines is 1. The van der Waals surface area contributed by atoms with E-state index in [0.29, 0.717) is 13.0 Å². The number of rotatable bonds is 7. The smallest absolute Gasteiger partial charge is 0.409 e. The van der Waals surface area contributed by atoms with Crippen LogP contribution in [0, 0.1) is 0 Å². The Morgan fingerprint density at radius 2 is 2.09 bits per heavy atom. The number of nitrogens with zero attached hydrogens (tertiary/aromatic N) is 2. The van der Waals surface area contributed by atoms with E-state index in [2.05, 4.69) is 4.98 Å². The molecule has 1 N–H and O–H groups in total. The van der Waals surface area contributed by atoms with Crippen molar-refractivity contribution >= 4 is 6.09 Å². The first-order chi connectivity index (χ1) is 10.3. The minimum Gasteiger partial charge on any atom is -0.447 e. The molecule has 1 aromatic heterocycles. The molecule has 0 bridgehead atoms. The maximum atomic E-state index is 11.7. The molecule has 0 aliphatic heterocycles. The number of hydrogen-bond donors (Lipinski definition) is 1. The van der Waals surface area contributed by atoms with E-state index in [1.54, 1.807) is 7.05 Å². The van der Waals surface area contributed by atoms with Crippen LogP contribution in [0.1, 0.15) is 20.3 Å². The van der Waals surface area contributed by atoms with Crippen molar-refractivity contribution in [3.05, 3.63) is 33.1 Å². The van der Waals surface area contributed by atoms with Crippen LogP contribution >= 0.6 is 0 Å². The molecule has 0 aliphatic carbocycles. The van der Waals surface area contributed by atoms with Crippen molar-refractivity contribution < 1.29 is 14.3 Å². The van der Waals surface area contributed by atoms with Crippen molar-refractivity contribution in [2.75, 3.05) is 20.8 Å². The van der Waals surface area contributed by atoms with Crippen LogP contribution in [0.3, 0.4) is 0 Å². The van der Waals surface area contributed by atoms with Crippen molar-refractivity contribution in [3.8, 4) is 0 Å². The molecule has 8 heteroatoms. The van der Waals surface area contributed by atoms with Gasteiger partial charge >= 0.3 is 11.8 Å². The predicted molar refractivity (Wildman–Crippen MR) is 81.0 cm³/mol. The molecule has 1 rings (SSSR count). The Morgan fingerprint density at radius 1 is 1.41 bits per heavy atom. The maximum absolute atomic E-state index is 11.7. The molecular weight excluding hydrogens is 290 g/mol. The largest absolute Gasteiger partial charge is 0.447 e. The van der Waals surface area contributed by atoms with Gasteiger partial charge in [0.2, 0.25) is 0 Å². The number of H-pyrrole nitrogens is 1. The van der Waals surface area contributed by atoms with E-state index in [1.807, 2.05) is 13.8 Å². The molecule has 124 valence electrons. The van der Waals surface area contributed by atoms with Crippen LogP contribution in [0.4, 0.5) is 4.79 Å². The number of carbonyl (C=O) groups excluding carboxylic acids is 1. The Labute approximate surface area is 128 Å². The van der Waals surface area contributed by atoms with Crippen molar-refractivity contribution in [3.63, 3.8) is 0 Å². The molecule has 1 atom stereocenters. The summed E-state index contributed by atoms with van der Waals surface area (Å²) in [4.78, 5) is 37.9. The number of carbonyl (C=O) groups is 1. The van der Waals surface area contributed by atoms with E-state index in [4.69, 9.17) is 9.47 Å². The molecule has 1 aromatic rings. The highest BCUT2D eigenvalue weighted by Crippen LogP contribution is 2.03. The van der Waals surface area contributed by atoms with Gasteiger partial charge in [0.1, 0.15) is 6.61 Å². The lowest BCUT2D eigenvalue weighted by Gasteiger charge is -2.22. The van der Waals surface area contributed by atoms with Gasteiger partial charge in [0, 0.05) is 39.0 Å². The molecule has 1 heterocycles. The van der Waals surface area contributed by atoms with Crippen LogP contribution in [-0.4, -0.2) is 53.5 Å². The topological polar surface area (TPSA) is 93.6 Å². The lowest BCUT2D eigenvalue weighted by molar-refractivity contribution is 0.0161. The molecule has 0 aliphatic rings. The average Bonchev–Trinajstić information content (AvgIpc) is 2.47. The SMILES string of the molecule is COC(CCn1ccc(=O)[nH]c1=O)COC(=O)N(C)C(C)C. The highest BCUT2D eigenvalue weighted by atomic mass is 16.6. The van der Waals surface area contributed by atoms with E-state index in [9.17, 15) is 14.4 Å². The minimum absolute atomic E-state index is 0.0493. The summed E-state index contributed by atoms with van der Waals surface area (Å²) >= 11 is 0. The van der Waals surface area contributed by atoms with E-state index >= 15 is 0 Å². The van der Waals surface area contributed by atoms with Crippen LogP contribution in [-0.2, 0) is 16.0 Å². The Kier molecular flexibility index (Phi) is 6.84. The van der Waals surface area contributed by atoms with E-state index < -0.39 is 17.3 Å². The fourth-order valence-electron chi connectivity index (χ4n) is 1.65. The molecule has 22 heavy (non-hydrogen) atoms. The van der Waals surface area contributed by atoms with Crippen LogP contribution < -0.4 is 11.2 Å². The summed E-state index contributed by atoms with van der Waals surface area (Å²) < 4.78 is 11.8. The first-order valence-corrected chi connectivity index (χ1v) is 7.07. The molecular formula is C14H23N3O5. The molecule has 1 amide bonds. The summed E-state index contributed by atoms with van der Waals surface area (Å²) in [6.07, 6.45) is 1.15. The normalized spacial score (nSPS) is 12.2. The summed E-state index contributed by atoms with van der Waals surface area (Å²) in [5, 5.41) is 0. The van der Waals surface area contributed by atoms with Crippen molar-refractivity contribution in [2.45, 2.75) is 39.0 Å². The predicted octanol–water partition coefficient (Wildman–Crippen LogP) is 0.419. The van der Waals surface area contributed by atoms with Gasteiger partial charge in [-0.3, -0.25) is 9.78 Å². The number of aromatic nitrogens is 2. The second-order valence-electron chi connectivity index (χ2n) is 5.23. The monoisotopic (exact) mass is 313 g/mol. The van der Waals surface area contributed by atoms with E-state index in [0.717, 1.165) is 0 Å². The summed E-state index contributed by atoms with van der Waals surface area (Å²) in [5.74, 6) is 0. The summed E-state index contributed by atoms with van der Waals surface area (Å²) in [6, 6.07) is 1.33. The lowest BCUT2D eigenvalue weighted by Crippen LogP contribution is -2.36. The van der Waals surface area contributed by atoms with Crippen LogP contribution in [0.15, 0.2) is 21.9 Å². The Hall–Kier alpha value is -2.09. The molecule has 0 aromatic carbocycles. The highest BCUT2D eigenvalue weighted by molar-refractivity contribution is 5.67. The number of ether oxygens (including phenoxy) is 2. The zero-order valence-corrected chi connectivity index (χ0v) is 13.4. The molecule has 1 unspecified atom stereocenters. The molecule has 0 saturated heterocycles. The molecule has 0 saturated carbocycles. The number of amides is 1. The molecule has 8 nitrogen and oxygen atoms in total. The fourth-order valence-corrected chi connectivity index (χ4v) is 1.65. The van der Waals surface area contributed by atoms with E-state index in [-0.39, 0.29) is 18.8 Å². The number of aryl methyl sites for hydroxylation is 1. The number of nitrogens with one attached hydrogen (secondary N) is 1. The molecule has 0 fully saturated rings.